The molecule has 0 radical (unpaired) electrons. The number of carbonyl (C=O) groups excluding carboxylic acids is 1. The number of aliphatic hydroxyl groups is 2. The molecule has 0 fully saturated rings. The third kappa shape index (κ3) is 44.5. The predicted octanol–water partition coefficient (Wildman–Crippen LogP) is 15.6. The number of hydrogen-bond acceptors (Lipinski definition) is 3. The van der Waals surface area contributed by atoms with E-state index < -0.39 is 12.1 Å². The predicted molar refractivity (Wildman–Crippen MR) is 253 cm³/mol. The van der Waals surface area contributed by atoms with Crippen molar-refractivity contribution in [1.82, 2.24) is 5.32 Å². The Morgan fingerprint density at radius 2 is 0.789 bits per heavy atom. The first-order valence-electron chi connectivity index (χ1n) is 24.3. The fraction of sp³-hybridized carbons (Fsp3) is 0.717. The molecule has 0 heterocycles. The molecule has 2 atom stereocenters. The Bertz CT molecular complexity index is 1030. The number of amides is 1. The zero-order valence-electron chi connectivity index (χ0n) is 37.6. The van der Waals surface area contributed by atoms with Gasteiger partial charge in [0.05, 0.1) is 18.8 Å². The van der Waals surface area contributed by atoms with Crippen LogP contribution in [-0.2, 0) is 4.79 Å². The molecule has 3 N–H and O–H groups in total. The third-order valence-electron chi connectivity index (χ3n) is 10.6. The van der Waals surface area contributed by atoms with Crippen molar-refractivity contribution in [2.24, 2.45) is 0 Å². The first kappa shape index (κ1) is 54.6. The quantitative estimate of drug-likeness (QED) is 0.0425. The molecule has 57 heavy (non-hydrogen) atoms. The van der Waals surface area contributed by atoms with Gasteiger partial charge in [-0.25, -0.2) is 0 Å². The van der Waals surface area contributed by atoms with E-state index in [9.17, 15) is 15.0 Å². The molecule has 1 amide bonds. The summed E-state index contributed by atoms with van der Waals surface area (Å²) in [7, 11) is 0. The first-order valence-corrected chi connectivity index (χ1v) is 24.3. The molecule has 4 nitrogen and oxygen atoms in total. The average molecular weight is 792 g/mol. The van der Waals surface area contributed by atoms with Gasteiger partial charge in [-0.1, -0.05) is 227 Å². The van der Waals surface area contributed by atoms with E-state index in [4.69, 9.17) is 0 Å². The lowest BCUT2D eigenvalue weighted by Crippen LogP contribution is -2.45. The summed E-state index contributed by atoms with van der Waals surface area (Å²) in [6.45, 7) is 4.18. The summed E-state index contributed by atoms with van der Waals surface area (Å²) < 4.78 is 0. The Labute approximate surface area is 354 Å². The monoisotopic (exact) mass is 792 g/mol. The van der Waals surface area contributed by atoms with Crippen molar-refractivity contribution in [3.8, 4) is 0 Å². The molecule has 0 rings (SSSR count). The number of rotatable bonds is 43. The Morgan fingerprint density at radius 3 is 1.23 bits per heavy atom. The van der Waals surface area contributed by atoms with Crippen LogP contribution in [0.4, 0.5) is 0 Å². The number of hydrogen-bond donors (Lipinski definition) is 3. The number of aliphatic hydroxyl groups excluding tert-OH is 2. The maximum absolute atomic E-state index is 12.4. The maximum Gasteiger partial charge on any atom is 0.220 e. The molecule has 4 heteroatoms. The van der Waals surface area contributed by atoms with Crippen LogP contribution in [0.1, 0.15) is 226 Å². The van der Waals surface area contributed by atoms with Crippen LogP contribution in [0.15, 0.2) is 85.1 Å². The molecule has 0 aromatic rings. The van der Waals surface area contributed by atoms with Gasteiger partial charge in [-0.05, 0) is 77.0 Å². The van der Waals surface area contributed by atoms with Gasteiger partial charge in [0.25, 0.3) is 0 Å². The highest BCUT2D eigenvalue weighted by atomic mass is 16.3. The summed E-state index contributed by atoms with van der Waals surface area (Å²) >= 11 is 0. The molecule has 0 spiro atoms. The van der Waals surface area contributed by atoms with Gasteiger partial charge in [-0.3, -0.25) is 4.79 Å². The molecule has 0 aromatic carbocycles. The van der Waals surface area contributed by atoms with Gasteiger partial charge in [0.15, 0.2) is 0 Å². The minimum atomic E-state index is -0.873. The van der Waals surface area contributed by atoms with E-state index in [-0.39, 0.29) is 12.5 Å². The van der Waals surface area contributed by atoms with Crippen LogP contribution >= 0.6 is 0 Å². The van der Waals surface area contributed by atoms with Gasteiger partial charge >= 0.3 is 0 Å². The fourth-order valence-corrected chi connectivity index (χ4v) is 6.93. The van der Waals surface area contributed by atoms with E-state index in [0.717, 1.165) is 77.0 Å². The lowest BCUT2D eigenvalue weighted by Gasteiger charge is -2.19. The molecule has 0 saturated heterocycles. The molecule has 0 aliphatic rings. The highest BCUT2D eigenvalue weighted by Crippen LogP contribution is 2.15. The van der Waals surface area contributed by atoms with E-state index in [1.54, 1.807) is 6.08 Å². The van der Waals surface area contributed by atoms with Crippen LogP contribution < -0.4 is 5.32 Å². The lowest BCUT2D eigenvalue weighted by molar-refractivity contribution is -0.123. The molecule has 0 aromatic heterocycles. The molecule has 0 aliphatic carbocycles. The van der Waals surface area contributed by atoms with Crippen LogP contribution in [0.5, 0.6) is 0 Å². The second-order valence-electron chi connectivity index (χ2n) is 16.1. The second kappa shape index (κ2) is 47.9. The van der Waals surface area contributed by atoms with Crippen LogP contribution in [-0.4, -0.2) is 34.9 Å². The largest absolute Gasteiger partial charge is 0.394 e. The van der Waals surface area contributed by atoms with Crippen molar-refractivity contribution < 1.29 is 15.0 Å². The average Bonchev–Trinajstić information content (AvgIpc) is 3.22. The standard InChI is InChI=1S/C53H93NO3/c1-3-5-7-9-11-13-15-17-19-21-23-25-27-29-31-33-35-37-39-41-43-45-47-49-53(57)54-51(50-55)52(56)48-46-44-42-40-38-36-34-32-30-28-26-24-22-20-18-16-14-12-10-8-6-4-2/h5,7,11,13,17,19,23,25,29,31,38,40,46,48,51-52,55-56H,3-4,6,8-10,12,14-16,18,20-22,24,26-28,30,32-37,39,41-45,47,49-50H2,1-2H3,(H,54,57)/b7-5-,13-11-,19-17-,25-23-,31-29-,40-38+,48-46+. The normalized spacial score (nSPS) is 13.7. The summed E-state index contributed by atoms with van der Waals surface area (Å²) in [4.78, 5) is 12.4. The summed E-state index contributed by atoms with van der Waals surface area (Å²) in [6, 6.07) is -0.651. The molecular formula is C53H93NO3. The summed E-state index contributed by atoms with van der Waals surface area (Å²) in [5.74, 6) is -0.0874. The van der Waals surface area contributed by atoms with E-state index in [0.29, 0.717) is 6.42 Å². The van der Waals surface area contributed by atoms with E-state index in [1.165, 1.54) is 128 Å². The molecule has 328 valence electrons. The lowest BCUT2D eigenvalue weighted by atomic mass is 10.0. The molecule has 0 saturated carbocycles. The fourth-order valence-electron chi connectivity index (χ4n) is 6.93. The van der Waals surface area contributed by atoms with Crippen LogP contribution in [0.2, 0.25) is 0 Å². The van der Waals surface area contributed by atoms with Crippen molar-refractivity contribution >= 4 is 5.91 Å². The minimum Gasteiger partial charge on any atom is -0.394 e. The molecular weight excluding hydrogens is 699 g/mol. The van der Waals surface area contributed by atoms with Gasteiger partial charge in [0.2, 0.25) is 5.91 Å². The maximum atomic E-state index is 12.4. The number of unbranched alkanes of at least 4 members (excludes halogenated alkanes) is 24. The van der Waals surface area contributed by atoms with Crippen LogP contribution in [0, 0.1) is 0 Å². The Morgan fingerprint density at radius 1 is 0.439 bits per heavy atom. The molecule has 0 bridgehead atoms. The van der Waals surface area contributed by atoms with Crippen LogP contribution in [0.3, 0.4) is 0 Å². The Kier molecular flexibility index (Phi) is 45.9. The highest BCUT2D eigenvalue weighted by molar-refractivity contribution is 5.76. The molecule has 2 unspecified atom stereocenters. The van der Waals surface area contributed by atoms with Gasteiger partial charge < -0.3 is 15.5 Å². The van der Waals surface area contributed by atoms with E-state index >= 15 is 0 Å². The Balaban J connectivity index is 3.64. The first-order chi connectivity index (χ1) is 28.2. The topological polar surface area (TPSA) is 69.6 Å². The zero-order chi connectivity index (χ0) is 41.4. The van der Waals surface area contributed by atoms with Crippen molar-refractivity contribution in [2.75, 3.05) is 6.61 Å². The number of nitrogens with one attached hydrogen (secondary N) is 1. The van der Waals surface area contributed by atoms with Crippen molar-refractivity contribution in [2.45, 2.75) is 238 Å². The number of carbonyl (C=O) groups is 1. The number of allylic oxidation sites excluding steroid dienone is 13. The van der Waals surface area contributed by atoms with E-state index in [2.05, 4.69) is 92.1 Å². The van der Waals surface area contributed by atoms with Gasteiger partial charge in [-0.2, -0.15) is 0 Å². The van der Waals surface area contributed by atoms with Crippen molar-refractivity contribution in [3.63, 3.8) is 0 Å². The zero-order valence-corrected chi connectivity index (χ0v) is 37.6. The van der Waals surface area contributed by atoms with Crippen molar-refractivity contribution in [3.05, 3.63) is 85.1 Å². The summed E-state index contributed by atoms with van der Waals surface area (Å²) in [5, 5.41) is 23.1. The third-order valence-corrected chi connectivity index (χ3v) is 10.6. The minimum absolute atomic E-state index is 0.0874. The Hall–Kier alpha value is -2.43. The van der Waals surface area contributed by atoms with Crippen LogP contribution in [0.25, 0.3) is 0 Å². The highest BCUT2D eigenvalue weighted by Gasteiger charge is 2.17. The summed E-state index contributed by atoms with van der Waals surface area (Å²) in [5.41, 5.74) is 0. The van der Waals surface area contributed by atoms with Gasteiger partial charge in [-0.15, -0.1) is 0 Å². The smallest absolute Gasteiger partial charge is 0.220 e. The SMILES string of the molecule is CC/C=C\C/C=C\C/C=C\C/C=C\C/C=C\CCCCCCCCCC(=O)NC(CO)C(O)/C=C/CC/C=C/CCCCCCCCCCCCCCCCCC. The van der Waals surface area contributed by atoms with Gasteiger partial charge in [0, 0.05) is 6.42 Å². The van der Waals surface area contributed by atoms with Crippen molar-refractivity contribution in [1.29, 1.82) is 0 Å². The molecule has 0 aliphatic heterocycles. The second-order valence-corrected chi connectivity index (χ2v) is 16.1. The van der Waals surface area contributed by atoms with Gasteiger partial charge in [0.1, 0.15) is 0 Å². The summed E-state index contributed by atoms with van der Waals surface area (Å²) in [6.07, 6.45) is 69.9. The van der Waals surface area contributed by atoms with E-state index in [1.807, 2.05) is 6.08 Å².